The van der Waals surface area contributed by atoms with Crippen molar-refractivity contribution in [1.82, 2.24) is 0 Å². The van der Waals surface area contributed by atoms with Gasteiger partial charge in [0.1, 0.15) is 5.82 Å². The lowest BCUT2D eigenvalue weighted by Crippen LogP contribution is -2.31. The minimum atomic E-state index is -0.516. The molecule has 1 heterocycles. The van der Waals surface area contributed by atoms with Gasteiger partial charge in [-0.25, -0.2) is 9.29 Å². The molecule has 0 radical (unpaired) electrons. The van der Waals surface area contributed by atoms with Crippen LogP contribution in [0.5, 0.6) is 0 Å². The molecule has 3 nitrogen and oxygen atoms in total. The van der Waals surface area contributed by atoms with E-state index in [2.05, 4.69) is 0 Å². The Hall–Kier alpha value is -2.89. The van der Waals surface area contributed by atoms with Crippen molar-refractivity contribution in [2.75, 3.05) is 4.90 Å². The predicted molar refractivity (Wildman–Crippen MR) is 110 cm³/mol. The summed E-state index contributed by atoms with van der Waals surface area (Å²) in [6.07, 6.45) is 0. The first-order chi connectivity index (χ1) is 13.5. The number of halogens is 2. The maximum atomic E-state index is 13.7. The second-order valence-corrected chi connectivity index (χ2v) is 7.57. The van der Waals surface area contributed by atoms with Crippen LogP contribution in [0, 0.1) is 5.82 Å². The number of benzene rings is 3. The fourth-order valence-electron chi connectivity index (χ4n) is 2.93. The van der Waals surface area contributed by atoms with Crippen LogP contribution in [0.15, 0.2) is 88.7 Å². The highest BCUT2D eigenvalue weighted by atomic mass is 35.5. The molecule has 0 unspecified atom stereocenters. The van der Waals surface area contributed by atoms with Gasteiger partial charge in [-0.3, -0.25) is 9.59 Å². The quantitative estimate of drug-likeness (QED) is 0.530. The topological polar surface area (TPSA) is 37.4 Å². The number of imide groups is 1. The number of hydrogen-bond donors (Lipinski definition) is 0. The lowest BCUT2D eigenvalue weighted by atomic mass is 10.1. The van der Waals surface area contributed by atoms with Gasteiger partial charge < -0.3 is 0 Å². The van der Waals surface area contributed by atoms with E-state index in [0.717, 1.165) is 9.80 Å². The summed E-state index contributed by atoms with van der Waals surface area (Å²) >= 11 is 7.13. The number of anilines is 1. The Morgan fingerprint density at radius 1 is 0.821 bits per heavy atom. The minimum absolute atomic E-state index is 0.204. The van der Waals surface area contributed by atoms with Gasteiger partial charge in [0.25, 0.3) is 11.8 Å². The number of carbonyl (C=O) groups excluding carboxylic acids is 2. The second-order valence-electron chi connectivity index (χ2n) is 6.05. The number of amides is 2. The van der Waals surface area contributed by atoms with Gasteiger partial charge in [0.05, 0.1) is 16.2 Å². The molecule has 0 bridgehead atoms. The highest BCUT2D eigenvalue weighted by molar-refractivity contribution is 8.04. The first-order valence-electron chi connectivity index (χ1n) is 8.42. The zero-order chi connectivity index (χ0) is 19.7. The Balaban J connectivity index is 1.81. The molecule has 3 aromatic carbocycles. The SMILES string of the molecule is O=C1C(Sc2ccc(Cl)cc2)=C(c2ccccc2)C(=O)N1c1cccc(F)c1. The summed E-state index contributed by atoms with van der Waals surface area (Å²) in [5, 5.41) is 0.580. The molecule has 0 N–H and O–H groups in total. The molecule has 0 atom stereocenters. The van der Waals surface area contributed by atoms with E-state index in [0.29, 0.717) is 21.1 Å². The van der Waals surface area contributed by atoms with Gasteiger partial charge in [-0.1, -0.05) is 59.8 Å². The summed E-state index contributed by atoms with van der Waals surface area (Å²) in [6, 6.07) is 21.4. The van der Waals surface area contributed by atoms with Crippen LogP contribution >= 0.6 is 23.4 Å². The molecule has 0 saturated heterocycles. The van der Waals surface area contributed by atoms with Crippen molar-refractivity contribution < 1.29 is 14.0 Å². The third-order valence-corrected chi connectivity index (χ3v) is 5.55. The van der Waals surface area contributed by atoms with E-state index >= 15 is 0 Å². The van der Waals surface area contributed by atoms with Crippen LogP contribution < -0.4 is 4.90 Å². The van der Waals surface area contributed by atoms with Crippen molar-refractivity contribution in [3.63, 3.8) is 0 Å². The normalized spacial score (nSPS) is 14.1. The lowest BCUT2D eigenvalue weighted by Gasteiger charge is -2.15. The van der Waals surface area contributed by atoms with E-state index < -0.39 is 17.6 Å². The zero-order valence-electron chi connectivity index (χ0n) is 14.4. The van der Waals surface area contributed by atoms with Crippen molar-refractivity contribution >= 4 is 46.4 Å². The Kier molecular flexibility index (Phi) is 5.03. The zero-order valence-corrected chi connectivity index (χ0v) is 16.0. The molecule has 0 aromatic heterocycles. The molecule has 0 spiro atoms. The second kappa shape index (κ2) is 7.62. The Bertz CT molecular complexity index is 1100. The monoisotopic (exact) mass is 409 g/mol. The van der Waals surface area contributed by atoms with Crippen LogP contribution in [-0.4, -0.2) is 11.8 Å². The molecular weight excluding hydrogens is 397 g/mol. The van der Waals surface area contributed by atoms with Crippen LogP contribution in [0.3, 0.4) is 0 Å². The Morgan fingerprint density at radius 2 is 1.54 bits per heavy atom. The summed E-state index contributed by atoms with van der Waals surface area (Å²) in [4.78, 5) is 28.4. The third-order valence-electron chi connectivity index (χ3n) is 4.20. The van der Waals surface area contributed by atoms with E-state index in [9.17, 15) is 14.0 Å². The first kappa shape index (κ1) is 18.5. The predicted octanol–water partition coefficient (Wildman–Crippen LogP) is 5.56. The van der Waals surface area contributed by atoms with E-state index in [4.69, 9.17) is 11.6 Å². The molecule has 3 aromatic rings. The van der Waals surface area contributed by atoms with Gasteiger partial charge in [0.15, 0.2) is 0 Å². The maximum absolute atomic E-state index is 13.7. The first-order valence-corrected chi connectivity index (χ1v) is 9.61. The molecule has 138 valence electrons. The van der Waals surface area contributed by atoms with Crippen molar-refractivity contribution in [2.24, 2.45) is 0 Å². The highest BCUT2D eigenvalue weighted by Crippen LogP contribution is 2.41. The van der Waals surface area contributed by atoms with Gasteiger partial charge in [0.2, 0.25) is 0 Å². The van der Waals surface area contributed by atoms with Gasteiger partial charge >= 0.3 is 0 Å². The maximum Gasteiger partial charge on any atom is 0.272 e. The number of nitrogens with zero attached hydrogens (tertiary/aromatic N) is 1. The average molecular weight is 410 g/mol. The largest absolute Gasteiger partial charge is 0.272 e. The standard InChI is InChI=1S/C22H13ClFNO2S/c23-15-9-11-18(12-10-15)28-20-19(14-5-2-1-3-6-14)21(26)25(22(20)27)17-8-4-7-16(24)13-17/h1-13H. The Labute approximate surface area is 170 Å². The van der Waals surface area contributed by atoms with Gasteiger partial charge in [-0.2, -0.15) is 0 Å². The van der Waals surface area contributed by atoms with Crippen molar-refractivity contribution in [3.8, 4) is 0 Å². The molecule has 0 aliphatic carbocycles. The van der Waals surface area contributed by atoms with Crippen LogP contribution in [0.25, 0.3) is 5.57 Å². The van der Waals surface area contributed by atoms with E-state index in [1.165, 1.54) is 36.0 Å². The molecule has 1 aliphatic heterocycles. The summed E-state index contributed by atoms with van der Waals surface area (Å²) in [5.41, 5.74) is 1.14. The summed E-state index contributed by atoms with van der Waals surface area (Å²) in [7, 11) is 0. The summed E-state index contributed by atoms with van der Waals surface area (Å²) in [6.45, 7) is 0. The number of rotatable bonds is 4. The van der Waals surface area contributed by atoms with Crippen LogP contribution in [-0.2, 0) is 9.59 Å². The van der Waals surface area contributed by atoms with Gasteiger partial charge in [0, 0.05) is 9.92 Å². The van der Waals surface area contributed by atoms with E-state index in [1.54, 1.807) is 48.5 Å². The van der Waals surface area contributed by atoms with Crippen molar-refractivity contribution in [1.29, 1.82) is 0 Å². The van der Waals surface area contributed by atoms with Gasteiger partial charge in [-0.05, 0) is 48.0 Å². The van der Waals surface area contributed by atoms with Crippen LogP contribution in [0.1, 0.15) is 5.56 Å². The molecular formula is C22H13ClFNO2S. The van der Waals surface area contributed by atoms with Crippen molar-refractivity contribution in [2.45, 2.75) is 4.90 Å². The number of hydrogen-bond acceptors (Lipinski definition) is 3. The molecule has 6 heteroatoms. The number of thioether (sulfide) groups is 1. The fourth-order valence-corrected chi connectivity index (χ4v) is 4.05. The molecule has 2 amide bonds. The molecule has 1 aliphatic rings. The smallest absolute Gasteiger partial charge is 0.268 e. The lowest BCUT2D eigenvalue weighted by molar-refractivity contribution is -0.119. The highest BCUT2D eigenvalue weighted by Gasteiger charge is 2.40. The Morgan fingerprint density at radius 3 is 2.21 bits per heavy atom. The molecule has 28 heavy (non-hydrogen) atoms. The number of carbonyl (C=O) groups is 2. The average Bonchev–Trinajstić information content (AvgIpc) is 2.94. The molecule has 0 saturated carbocycles. The fraction of sp³-hybridized carbons (Fsp3) is 0. The summed E-state index contributed by atoms with van der Waals surface area (Å²) in [5.74, 6) is -1.47. The van der Waals surface area contributed by atoms with Gasteiger partial charge in [-0.15, -0.1) is 0 Å². The minimum Gasteiger partial charge on any atom is -0.268 e. The van der Waals surface area contributed by atoms with Crippen LogP contribution in [0.4, 0.5) is 10.1 Å². The summed E-state index contributed by atoms with van der Waals surface area (Å²) < 4.78 is 13.7. The van der Waals surface area contributed by atoms with Crippen LogP contribution in [0.2, 0.25) is 5.02 Å². The third kappa shape index (κ3) is 3.46. The van der Waals surface area contributed by atoms with E-state index in [-0.39, 0.29) is 5.69 Å². The van der Waals surface area contributed by atoms with E-state index in [1.807, 2.05) is 6.07 Å². The molecule has 0 fully saturated rings. The molecule has 4 rings (SSSR count). The van der Waals surface area contributed by atoms with Crippen molar-refractivity contribution in [3.05, 3.63) is 100 Å².